The van der Waals surface area contributed by atoms with E-state index in [9.17, 15) is 0 Å². The lowest BCUT2D eigenvalue weighted by Gasteiger charge is -2.27. The van der Waals surface area contributed by atoms with Gasteiger partial charge in [0.2, 0.25) is 0 Å². The van der Waals surface area contributed by atoms with Crippen molar-refractivity contribution < 1.29 is 4.74 Å². The summed E-state index contributed by atoms with van der Waals surface area (Å²) < 4.78 is 6.36. The van der Waals surface area contributed by atoms with Gasteiger partial charge in [-0.05, 0) is 127 Å². The average Bonchev–Trinajstić information content (AvgIpc) is 3.26. The summed E-state index contributed by atoms with van der Waals surface area (Å²) in [4.78, 5) is 2.39. The van der Waals surface area contributed by atoms with Crippen molar-refractivity contribution in [3.63, 3.8) is 0 Å². The fourth-order valence-electron chi connectivity index (χ4n) is 8.58. The summed E-state index contributed by atoms with van der Waals surface area (Å²) in [6.45, 7) is 0. The average molecular weight is 714 g/mol. The molecular weight excluding hydrogens is 679 g/mol. The first-order valence-corrected chi connectivity index (χ1v) is 19.2. The van der Waals surface area contributed by atoms with Crippen LogP contribution in [-0.2, 0) is 0 Å². The van der Waals surface area contributed by atoms with Gasteiger partial charge in [0, 0.05) is 28.0 Å². The number of benzene rings is 10. The highest BCUT2D eigenvalue weighted by atomic mass is 16.5. The Morgan fingerprint density at radius 1 is 0.286 bits per heavy atom. The molecule has 10 aromatic carbocycles. The molecule has 0 saturated carbocycles. The van der Waals surface area contributed by atoms with Crippen LogP contribution in [0.4, 0.5) is 17.1 Å². The topological polar surface area (TPSA) is 12.5 Å². The van der Waals surface area contributed by atoms with E-state index in [0.717, 1.165) is 45.1 Å². The van der Waals surface area contributed by atoms with Gasteiger partial charge in [-0.3, -0.25) is 0 Å². The van der Waals surface area contributed by atoms with Gasteiger partial charge in [0.05, 0.1) is 0 Å². The van der Waals surface area contributed by atoms with Crippen molar-refractivity contribution in [3.05, 3.63) is 212 Å². The standard InChI is InChI=1S/C54H35NO/c1-3-21-46-36(12-1)14-9-24-48(46)38-28-30-43(31-29-38)55(45-20-8-17-40(34-45)49-25-10-15-37-13-2-4-22-47(37)49)44-19-7-16-39(33-44)42-32-41-18-11-27-53-54(41)51(35-42)50-23-5-6-26-52(50)56-53/h1-35H. The molecule has 11 rings (SSSR count). The first kappa shape index (κ1) is 32.0. The van der Waals surface area contributed by atoms with E-state index in [1.807, 2.05) is 6.07 Å². The molecule has 0 atom stereocenters. The number of fused-ring (bicyclic) bond motifs is 4. The number of ether oxygens (including phenoxy) is 1. The molecule has 0 spiro atoms. The van der Waals surface area contributed by atoms with Crippen LogP contribution in [0.2, 0.25) is 0 Å². The normalized spacial score (nSPS) is 11.7. The van der Waals surface area contributed by atoms with Crippen LogP contribution in [0.25, 0.3) is 76.8 Å². The first-order chi connectivity index (χ1) is 27.7. The van der Waals surface area contributed by atoms with E-state index in [-0.39, 0.29) is 0 Å². The van der Waals surface area contributed by atoms with E-state index in [1.165, 1.54) is 60.3 Å². The van der Waals surface area contributed by atoms with Crippen LogP contribution in [0.1, 0.15) is 0 Å². The smallest absolute Gasteiger partial charge is 0.135 e. The molecule has 0 saturated heterocycles. The Morgan fingerprint density at radius 3 is 1.57 bits per heavy atom. The third-order valence-corrected chi connectivity index (χ3v) is 11.2. The second-order valence-corrected chi connectivity index (χ2v) is 14.5. The van der Waals surface area contributed by atoms with Crippen molar-refractivity contribution >= 4 is 49.4 Å². The van der Waals surface area contributed by atoms with Gasteiger partial charge in [0.1, 0.15) is 11.5 Å². The van der Waals surface area contributed by atoms with Crippen LogP contribution in [0.3, 0.4) is 0 Å². The second-order valence-electron chi connectivity index (χ2n) is 14.5. The zero-order chi connectivity index (χ0) is 37.0. The molecule has 0 radical (unpaired) electrons. The second kappa shape index (κ2) is 13.2. The number of anilines is 3. The maximum absolute atomic E-state index is 6.36. The molecule has 2 nitrogen and oxygen atoms in total. The molecule has 10 aromatic rings. The molecule has 2 heteroatoms. The van der Waals surface area contributed by atoms with Gasteiger partial charge >= 0.3 is 0 Å². The Kier molecular flexibility index (Phi) is 7.53. The molecule has 1 aliphatic rings. The van der Waals surface area contributed by atoms with Gasteiger partial charge in [-0.25, -0.2) is 0 Å². The van der Waals surface area contributed by atoms with Gasteiger partial charge in [-0.2, -0.15) is 0 Å². The Labute approximate surface area is 326 Å². The Morgan fingerprint density at radius 2 is 0.821 bits per heavy atom. The van der Waals surface area contributed by atoms with Gasteiger partial charge < -0.3 is 9.64 Å². The molecule has 0 fully saturated rings. The summed E-state index contributed by atoms with van der Waals surface area (Å²) in [6, 6.07) is 76.6. The van der Waals surface area contributed by atoms with Crippen LogP contribution in [0, 0.1) is 0 Å². The van der Waals surface area contributed by atoms with E-state index in [2.05, 4.69) is 211 Å². The third-order valence-electron chi connectivity index (χ3n) is 11.2. The number of nitrogens with zero attached hydrogens (tertiary/aromatic N) is 1. The van der Waals surface area contributed by atoms with Crippen molar-refractivity contribution in [1.29, 1.82) is 0 Å². The monoisotopic (exact) mass is 713 g/mol. The summed E-state index contributed by atoms with van der Waals surface area (Å²) in [6.07, 6.45) is 0. The molecule has 0 bridgehead atoms. The molecule has 1 aliphatic heterocycles. The predicted molar refractivity (Wildman–Crippen MR) is 235 cm³/mol. The molecule has 0 aliphatic carbocycles. The molecule has 0 N–H and O–H groups in total. The summed E-state index contributed by atoms with van der Waals surface area (Å²) in [5, 5.41) is 7.30. The van der Waals surface area contributed by atoms with Crippen LogP contribution < -0.4 is 9.64 Å². The predicted octanol–water partition coefficient (Wildman–Crippen LogP) is 15.4. The van der Waals surface area contributed by atoms with Gasteiger partial charge in [0.25, 0.3) is 0 Å². The zero-order valence-corrected chi connectivity index (χ0v) is 30.6. The highest BCUT2D eigenvalue weighted by Gasteiger charge is 2.21. The van der Waals surface area contributed by atoms with Crippen LogP contribution >= 0.6 is 0 Å². The highest BCUT2D eigenvalue weighted by Crippen LogP contribution is 2.48. The van der Waals surface area contributed by atoms with Gasteiger partial charge in [-0.15, -0.1) is 0 Å². The van der Waals surface area contributed by atoms with Crippen LogP contribution in [0.5, 0.6) is 11.5 Å². The van der Waals surface area contributed by atoms with Crippen molar-refractivity contribution in [2.75, 3.05) is 4.90 Å². The Bertz CT molecular complexity index is 3110. The maximum Gasteiger partial charge on any atom is 0.135 e. The van der Waals surface area contributed by atoms with Gasteiger partial charge in [0.15, 0.2) is 0 Å². The quantitative estimate of drug-likeness (QED) is 0.170. The SMILES string of the molecule is c1cc(-c2cc3c4c(cccc4c2)Oc2ccccc2-3)cc(N(c2ccc(-c3cccc4ccccc34)cc2)c2cccc(-c3cccc4ccccc34)c2)c1. The highest BCUT2D eigenvalue weighted by molar-refractivity contribution is 6.06. The van der Waals surface area contributed by atoms with Crippen LogP contribution in [-0.4, -0.2) is 0 Å². The van der Waals surface area contributed by atoms with Gasteiger partial charge in [-0.1, -0.05) is 152 Å². The fourth-order valence-corrected chi connectivity index (χ4v) is 8.58. The van der Waals surface area contributed by atoms with Crippen molar-refractivity contribution in [3.8, 4) is 56.0 Å². The molecule has 56 heavy (non-hydrogen) atoms. The Hall–Kier alpha value is -7.42. The number of para-hydroxylation sites is 1. The molecule has 1 heterocycles. The van der Waals surface area contributed by atoms with Crippen molar-refractivity contribution in [1.82, 2.24) is 0 Å². The lowest BCUT2D eigenvalue weighted by atomic mass is 9.90. The third kappa shape index (κ3) is 5.42. The zero-order valence-electron chi connectivity index (χ0n) is 30.6. The lowest BCUT2D eigenvalue weighted by molar-refractivity contribution is 0.487. The fraction of sp³-hybridized carbons (Fsp3) is 0. The molecule has 0 aromatic heterocycles. The summed E-state index contributed by atoms with van der Waals surface area (Å²) in [7, 11) is 0. The van der Waals surface area contributed by atoms with E-state index in [0.29, 0.717) is 0 Å². The van der Waals surface area contributed by atoms with E-state index in [1.54, 1.807) is 0 Å². The van der Waals surface area contributed by atoms with Crippen LogP contribution in [0.15, 0.2) is 212 Å². The maximum atomic E-state index is 6.36. The van der Waals surface area contributed by atoms with E-state index < -0.39 is 0 Å². The largest absolute Gasteiger partial charge is 0.456 e. The number of hydrogen-bond acceptors (Lipinski definition) is 2. The minimum Gasteiger partial charge on any atom is -0.456 e. The Balaban J connectivity index is 1.07. The summed E-state index contributed by atoms with van der Waals surface area (Å²) >= 11 is 0. The number of hydrogen-bond donors (Lipinski definition) is 0. The number of rotatable bonds is 6. The minimum atomic E-state index is 0.891. The summed E-state index contributed by atoms with van der Waals surface area (Å²) in [5.74, 6) is 1.79. The minimum absolute atomic E-state index is 0.891. The van der Waals surface area contributed by atoms with Crippen molar-refractivity contribution in [2.24, 2.45) is 0 Å². The van der Waals surface area contributed by atoms with E-state index >= 15 is 0 Å². The van der Waals surface area contributed by atoms with Crippen molar-refractivity contribution in [2.45, 2.75) is 0 Å². The summed E-state index contributed by atoms with van der Waals surface area (Å²) in [5.41, 5.74) is 12.7. The molecule has 0 unspecified atom stereocenters. The molecular formula is C54H35NO. The lowest BCUT2D eigenvalue weighted by Crippen LogP contribution is -2.10. The molecule has 0 amide bonds. The first-order valence-electron chi connectivity index (χ1n) is 19.2. The molecule has 262 valence electrons. The van der Waals surface area contributed by atoms with E-state index in [4.69, 9.17) is 4.74 Å².